The van der Waals surface area contributed by atoms with E-state index < -0.39 is 25.4 Å². The van der Waals surface area contributed by atoms with Crippen LogP contribution in [0.15, 0.2) is 11.0 Å². The minimum atomic E-state index is -3.77. The number of rotatable bonds is 3. The summed E-state index contributed by atoms with van der Waals surface area (Å²) in [5, 5.41) is 0. The molecule has 1 heterocycles. The Morgan fingerprint density at radius 2 is 1.59 bits per heavy atom. The molecule has 1 aliphatic heterocycles. The lowest BCUT2D eigenvalue weighted by molar-refractivity contribution is 0.461. The van der Waals surface area contributed by atoms with Gasteiger partial charge in [0.1, 0.15) is 0 Å². The molecule has 0 aliphatic carbocycles. The maximum Gasteiger partial charge on any atom is 0.241 e. The summed E-state index contributed by atoms with van der Waals surface area (Å²) >= 11 is 0. The highest BCUT2D eigenvalue weighted by atomic mass is 32.2. The zero-order valence-electron chi connectivity index (χ0n) is 13.6. The van der Waals surface area contributed by atoms with E-state index in [2.05, 4.69) is 4.72 Å². The van der Waals surface area contributed by atoms with Crippen LogP contribution in [0.1, 0.15) is 35.6 Å². The molecule has 7 heteroatoms. The Morgan fingerprint density at radius 1 is 1.09 bits per heavy atom. The summed E-state index contributed by atoms with van der Waals surface area (Å²) < 4.78 is 51.7. The van der Waals surface area contributed by atoms with Crippen molar-refractivity contribution in [3.63, 3.8) is 0 Å². The second-order valence-corrected chi connectivity index (χ2v) is 10.4. The first-order valence-corrected chi connectivity index (χ1v) is 10.5. The predicted octanol–water partition coefficient (Wildman–Crippen LogP) is 1.78. The lowest BCUT2D eigenvalue weighted by atomic mass is 10.0. The third-order valence-electron chi connectivity index (χ3n) is 4.45. The van der Waals surface area contributed by atoms with E-state index in [1.54, 1.807) is 20.8 Å². The minimum Gasteiger partial charge on any atom is -0.229 e. The Balaban J connectivity index is 2.49. The number of hydrogen-bond acceptors (Lipinski definition) is 4. The van der Waals surface area contributed by atoms with E-state index in [0.29, 0.717) is 17.5 Å². The van der Waals surface area contributed by atoms with E-state index in [1.807, 2.05) is 19.9 Å². The van der Waals surface area contributed by atoms with Gasteiger partial charge in [0.15, 0.2) is 9.84 Å². The van der Waals surface area contributed by atoms with Gasteiger partial charge in [0.05, 0.1) is 16.4 Å². The summed E-state index contributed by atoms with van der Waals surface area (Å²) in [4.78, 5) is 0.274. The molecule has 0 unspecified atom stereocenters. The Bertz CT molecular complexity index is 799. The first-order chi connectivity index (χ1) is 9.87. The topological polar surface area (TPSA) is 80.3 Å². The zero-order chi connectivity index (χ0) is 16.9. The Kier molecular flexibility index (Phi) is 4.21. The van der Waals surface area contributed by atoms with Gasteiger partial charge in [-0.25, -0.2) is 21.6 Å². The number of nitrogens with one attached hydrogen (secondary N) is 1. The summed E-state index contributed by atoms with van der Waals surface area (Å²) in [6, 6.07) is 1.96. The number of sulfone groups is 1. The maximum atomic E-state index is 12.8. The van der Waals surface area contributed by atoms with Gasteiger partial charge in [0.2, 0.25) is 10.0 Å². The van der Waals surface area contributed by atoms with Crippen molar-refractivity contribution >= 4 is 19.9 Å². The molecule has 1 fully saturated rings. The molecular weight excluding hydrogens is 322 g/mol. The molecule has 22 heavy (non-hydrogen) atoms. The molecule has 0 spiro atoms. The molecule has 2 rings (SSSR count). The molecule has 1 aromatic carbocycles. The van der Waals surface area contributed by atoms with Gasteiger partial charge < -0.3 is 0 Å². The first-order valence-electron chi connectivity index (χ1n) is 7.19. The molecule has 0 radical (unpaired) electrons. The Hall–Kier alpha value is -0.920. The van der Waals surface area contributed by atoms with Crippen molar-refractivity contribution in [1.29, 1.82) is 0 Å². The van der Waals surface area contributed by atoms with E-state index in [9.17, 15) is 16.8 Å². The highest BCUT2D eigenvalue weighted by molar-refractivity contribution is 7.92. The van der Waals surface area contributed by atoms with Crippen LogP contribution in [0.3, 0.4) is 0 Å². The number of sulfonamides is 1. The quantitative estimate of drug-likeness (QED) is 0.905. The lowest BCUT2D eigenvalue weighted by Crippen LogP contribution is -2.47. The Morgan fingerprint density at radius 3 is 2.00 bits per heavy atom. The van der Waals surface area contributed by atoms with E-state index in [4.69, 9.17) is 0 Å². The lowest BCUT2D eigenvalue weighted by Gasteiger charge is -2.25. The van der Waals surface area contributed by atoms with Crippen LogP contribution < -0.4 is 4.72 Å². The van der Waals surface area contributed by atoms with Gasteiger partial charge in [0.25, 0.3) is 0 Å². The average molecular weight is 345 g/mol. The molecule has 0 saturated carbocycles. The van der Waals surface area contributed by atoms with Gasteiger partial charge in [0, 0.05) is 5.54 Å². The standard InChI is InChI=1S/C15H23NO4S2/c1-10-8-11(2)13(4)14(12(10)3)22(19,20)16-15(5)6-7-21(17,18)9-15/h8,16H,6-7,9H2,1-5H3/t15-/m0/s1. The summed E-state index contributed by atoms with van der Waals surface area (Å²) in [7, 11) is -6.95. The summed E-state index contributed by atoms with van der Waals surface area (Å²) in [6.07, 6.45) is 0.303. The third kappa shape index (κ3) is 3.21. The van der Waals surface area contributed by atoms with E-state index in [0.717, 1.165) is 11.1 Å². The largest absolute Gasteiger partial charge is 0.241 e. The summed E-state index contributed by atoms with van der Waals surface area (Å²) in [5.74, 6) is -0.126. The van der Waals surface area contributed by atoms with Crippen molar-refractivity contribution in [3.05, 3.63) is 28.3 Å². The van der Waals surface area contributed by atoms with Crippen molar-refractivity contribution in [2.24, 2.45) is 0 Å². The summed E-state index contributed by atoms with van der Waals surface area (Å²) in [5.41, 5.74) is 2.30. The number of benzene rings is 1. The molecule has 1 aromatic rings. The fraction of sp³-hybridized carbons (Fsp3) is 0.600. The smallest absolute Gasteiger partial charge is 0.229 e. The fourth-order valence-corrected chi connectivity index (χ4v) is 7.29. The molecule has 0 amide bonds. The molecule has 1 N–H and O–H groups in total. The first kappa shape index (κ1) is 17.4. The van der Waals surface area contributed by atoms with Crippen LogP contribution >= 0.6 is 0 Å². The Labute approximate surface area is 133 Å². The second kappa shape index (κ2) is 5.32. The predicted molar refractivity (Wildman–Crippen MR) is 87.4 cm³/mol. The number of hydrogen-bond donors (Lipinski definition) is 1. The summed E-state index contributed by atoms with van der Waals surface area (Å²) in [6.45, 7) is 8.97. The SMILES string of the molecule is Cc1cc(C)c(C)c(S(=O)(=O)N[C@@]2(C)CCS(=O)(=O)C2)c1C. The van der Waals surface area contributed by atoms with Gasteiger partial charge in [-0.3, -0.25) is 0 Å². The molecule has 0 bridgehead atoms. The van der Waals surface area contributed by atoms with Crippen LogP contribution in [0.25, 0.3) is 0 Å². The maximum absolute atomic E-state index is 12.8. The number of aryl methyl sites for hydroxylation is 2. The zero-order valence-corrected chi connectivity index (χ0v) is 15.3. The van der Waals surface area contributed by atoms with Gasteiger partial charge in [-0.05, 0) is 63.3 Å². The molecular formula is C15H23NO4S2. The second-order valence-electron chi connectivity index (χ2n) is 6.60. The van der Waals surface area contributed by atoms with Crippen LogP contribution in [-0.4, -0.2) is 33.9 Å². The highest BCUT2D eigenvalue weighted by Gasteiger charge is 2.42. The fourth-order valence-electron chi connectivity index (χ4n) is 3.05. The monoisotopic (exact) mass is 345 g/mol. The van der Waals surface area contributed by atoms with Crippen LogP contribution in [0.2, 0.25) is 0 Å². The van der Waals surface area contributed by atoms with Crippen molar-refractivity contribution in [1.82, 2.24) is 4.72 Å². The normalized spacial score (nSPS) is 24.6. The third-order valence-corrected chi connectivity index (χ3v) is 8.26. The molecule has 1 saturated heterocycles. The van der Waals surface area contributed by atoms with E-state index in [-0.39, 0.29) is 16.4 Å². The van der Waals surface area contributed by atoms with Crippen molar-refractivity contribution in [3.8, 4) is 0 Å². The highest BCUT2D eigenvalue weighted by Crippen LogP contribution is 2.30. The van der Waals surface area contributed by atoms with Crippen molar-refractivity contribution < 1.29 is 16.8 Å². The van der Waals surface area contributed by atoms with E-state index in [1.165, 1.54) is 0 Å². The molecule has 5 nitrogen and oxygen atoms in total. The van der Waals surface area contributed by atoms with Gasteiger partial charge >= 0.3 is 0 Å². The van der Waals surface area contributed by atoms with Gasteiger partial charge in [-0.1, -0.05) is 6.07 Å². The molecule has 1 aliphatic rings. The van der Waals surface area contributed by atoms with Crippen molar-refractivity contribution in [2.45, 2.75) is 51.5 Å². The van der Waals surface area contributed by atoms with Crippen LogP contribution in [-0.2, 0) is 19.9 Å². The molecule has 1 atom stereocenters. The minimum absolute atomic E-state index is 0.0246. The van der Waals surface area contributed by atoms with Gasteiger partial charge in [-0.15, -0.1) is 0 Å². The van der Waals surface area contributed by atoms with Crippen LogP contribution in [0.4, 0.5) is 0 Å². The van der Waals surface area contributed by atoms with Gasteiger partial charge in [-0.2, -0.15) is 0 Å². The molecule has 124 valence electrons. The van der Waals surface area contributed by atoms with Crippen molar-refractivity contribution in [2.75, 3.05) is 11.5 Å². The molecule has 0 aromatic heterocycles. The van der Waals surface area contributed by atoms with E-state index >= 15 is 0 Å². The van der Waals surface area contributed by atoms with Crippen LogP contribution in [0, 0.1) is 27.7 Å². The average Bonchev–Trinajstić information content (AvgIpc) is 2.59. The van der Waals surface area contributed by atoms with Crippen LogP contribution in [0.5, 0.6) is 0 Å².